The molecule has 6 heteroatoms. The van der Waals surface area contributed by atoms with Gasteiger partial charge in [0, 0.05) is 11.6 Å². The van der Waals surface area contributed by atoms with E-state index in [9.17, 15) is 19.1 Å². The van der Waals surface area contributed by atoms with Crippen molar-refractivity contribution in [2.75, 3.05) is 0 Å². The minimum Gasteiger partial charge on any atom is -0.478 e. The minimum atomic E-state index is -1.03. The predicted molar refractivity (Wildman–Crippen MR) is 114 cm³/mol. The van der Waals surface area contributed by atoms with E-state index in [4.69, 9.17) is 11.6 Å². The molecule has 0 aliphatic heterocycles. The van der Waals surface area contributed by atoms with Crippen LogP contribution < -0.4 is 0 Å². The van der Waals surface area contributed by atoms with Gasteiger partial charge < -0.3 is 10.0 Å². The van der Waals surface area contributed by atoms with E-state index in [-0.39, 0.29) is 36.3 Å². The fourth-order valence-corrected chi connectivity index (χ4v) is 3.50. The maximum Gasteiger partial charge on any atom is 0.335 e. The van der Waals surface area contributed by atoms with Crippen molar-refractivity contribution in [1.82, 2.24) is 4.90 Å². The van der Waals surface area contributed by atoms with Gasteiger partial charge in [0.05, 0.1) is 18.0 Å². The Morgan fingerprint density at radius 2 is 1.67 bits per heavy atom. The molecule has 1 N–H and O–H groups in total. The lowest BCUT2D eigenvalue weighted by molar-refractivity contribution is -0.133. The van der Waals surface area contributed by atoms with Crippen molar-refractivity contribution in [2.24, 2.45) is 0 Å². The van der Waals surface area contributed by atoms with Crippen molar-refractivity contribution in [3.8, 4) is 0 Å². The predicted octanol–water partition coefficient (Wildman–Crippen LogP) is 5.51. The van der Waals surface area contributed by atoms with Crippen LogP contribution in [0, 0.1) is 5.82 Å². The quantitative estimate of drug-likeness (QED) is 0.543. The molecule has 154 valence electrons. The second-order valence-corrected chi connectivity index (χ2v) is 7.50. The normalized spacial score (nSPS) is 11.7. The van der Waals surface area contributed by atoms with Crippen LogP contribution in [0.15, 0.2) is 72.8 Å². The molecule has 0 aromatic heterocycles. The van der Waals surface area contributed by atoms with Gasteiger partial charge in [-0.3, -0.25) is 4.79 Å². The molecule has 1 amide bonds. The molecule has 0 unspecified atom stereocenters. The number of nitrogens with zero attached hydrogens (tertiary/aromatic N) is 1. The third-order valence-electron chi connectivity index (χ3n) is 4.91. The van der Waals surface area contributed by atoms with E-state index in [1.807, 2.05) is 13.0 Å². The molecule has 0 heterocycles. The van der Waals surface area contributed by atoms with E-state index in [1.165, 1.54) is 18.2 Å². The van der Waals surface area contributed by atoms with Gasteiger partial charge in [-0.2, -0.15) is 0 Å². The van der Waals surface area contributed by atoms with Gasteiger partial charge in [0.1, 0.15) is 5.82 Å². The number of benzene rings is 3. The van der Waals surface area contributed by atoms with Gasteiger partial charge in [-0.25, -0.2) is 9.18 Å². The van der Waals surface area contributed by atoms with E-state index in [2.05, 4.69) is 0 Å². The first kappa shape index (κ1) is 21.5. The molecule has 0 spiro atoms. The molecule has 0 saturated heterocycles. The highest BCUT2D eigenvalue weighted by Crippen LogP contribution is 2.25. The summed E-state index contributed by atoms with van der Waals surface area (Å²) >= 11 is 6.04. The van der Waals surface area contributed by atoms with Crippen molar-refractivity contribution >= 4 is 23.5 Å². The number of halogens is 2. The summed E-state index contributed by atoms with van der Waals surface area (Å²) in [5, 5.41) is 9.81. The SMILES string of the molecule is C[C@H](c1ccc(F)cc1)N(Cc1cccc(C(=O)O)c1)C(=O)Cc1cccc(Cl)c1. The first-order chi connectivity index (χ1) is 14.3. The van der Waals surface area contributed by atoms with Gasteiger partial charge in [0.25, 0.3) is 0 Å². The zero-order chi connectivity index (χ0) is 21.7. The summed E-state index contributed by atoms with van der Waals surface area (Å²) in [5.41, 5.74) is 2.42. The summed E-state index contributed by atoms with van der Waals surface area (Å²) in [7, 11) is 0. The van der Waals surface area contributed by atoms with Crippen LogP contribution in [0.25, 0.3) is 0 Å². The number of aromatic carboxylic acids is 1. The Balaban J connectivity index is 1.90. The summed E-state index contributed by atoms with van der Waals surface area (Å²) in [6.45, 7) is 2.09. The van der Waals surface area contributed by atoms with Gasteiger partial charge in [-0.1, -0.05) is 48.0 Å². The third kappa shape index (κ3) is 5.45. The lowest BCUT2D eigenvalue weighted by Crippen LogP contribution is -2.34. The van der Waals surface area contributed by atoms with Crippen molar-refractivity contribution in [3.63, 3.8) is 0 Å². The van der Waals surface area contributed by atoms with E-state index in [0.717, 1.165) is 11.1 Å². The van der Waals surface area contributed by atoms with Gasteiger partial charge in [0.2, 0.25) is 5.91 Å². The molecule has 0 fully saturated rings. The maximum atomic E-state index is 13.4. The minimum absolute atomic E-state index is 0.144. The average Bonchev–Trinajstić information content (AvgIpc) is 2.72. The van der Waals surface area contributed by atoms with Crippen molar-refractivity contribution in [3.05, 3.63) is 106 Å². The largest absolute Gasteiger partial charge is 0.478 e. The summed E-state index contributed by atoms with van der Waals surface area (Å²) in [4.78, 5) is 26.2. The Morgan fingerprint density at radius 1 is 1.00 bits per heavy atom. The van der Waals surface area contributed by atoms with Gasteiger partial charge in [-0.05, 0) is 60.0 Å². The van der Waals surface area contributed by atoms with Crippen molar-refractivity contribution in [2.45, 2.75) is 25.9 Å². The number of carboxylic acids is 1. The van der Waals surface area contributed by atoms with Crippen LogP contribution in [0.1, 0.15) is 40.0 Å². The fourth-order valence-electron chi connectivity index (χ4n) is 3.28. The number of rotatable bonds is 7. The molecule has 0 saturated carbocycles. The van der Waals surface area contributed by atoms with E-state index < -0.39 is 5.97 Å². The first-order valence-electron chi connectivity index (χ1n) is 9.45. The van der Waals surface area contributed by atoms with E-state index >= 15 is 0 Å². The Labute approximate surface area is 179 Å². The number of carbonyl (C=O) groups excluding carboxylic acids is 1. The third-order valence-corrected chi connectivity index (χ3v) is 5.15. The Bertz CT molecular complexity index is 1050. The van der Waals surface area contributed by atoms with Crippen LogP contribution in [0.5, 0.6) is 0 Å². The topological polar surface area (TPSA) is 57.6 Å². The Kier molecular flexibility index (Phi) is 6.85. The van der Waals surface area contributed by atoms with Gasteiger partial charge >= 0.3 is 5.97 Å². The smallest absolute Gasteiger partial charge is 0.335 e. The summed E-state index contributed by atoms with van der Waals surface area (Å²) in [5.74, 6) is -1.52. The lowest BCUT2D eigenvalue weighted by atomic mass is 10.0. The molecule has 3 aromatic rings. The Hall–Kier alpha value is -3.18. The monoisotopic (exact) mass is 425 g/mol. The van der Waals surface area contributed by atoms with Crippen LogP contribution in [0.2, 0.25) is 5.02 Å². The number of carboxylic acid groups (broad SMARTS) is 1. The second kappa shape index (κ2) is 9.55. The highest BCUT2D eigenvalue weighted by Gasteiger charge is 2.22. The maximum absolute atomic E-state index is 13.4. The first-order valence-corrected chi connectivity index (χ1v) is 9.83. The molecular weight excluding hydrogens is 405 g/mol. The summed E-state index contributed by atoms with van der Waals surface area (Å²) in [6.07, 6.45) is 0.144. The number of hydrogen-bond acceptors (Lipinski definition) is 2. The summed E-state index contributed by atoms with van der Waals surface area (Å²) < 4.78 is 13.4. The molecule has 30 heavy (non-hydrogen) atoms. The molecule has 0 radical (unpaired) electrons. The molecule has 0 aliphatic carbocycles. The van der Waals surface area contributed by atoms with Crippen molar-refractivity contribution in [1.29, 1.82) is 0 Å². The molecule has 1 atom stereocenters. The zero-order valence-corrected chi connectivity index (χ0v) is 17.1. The highest BCUT2D eigenvalue weighted by molar-refractivity contribution is 6.30. The van der Waals surface area contributed by atoms with Crippen LogP contribution >= 0.6 is 11.6 Å². The highest BCUT2D eigenvalue weighted by atomic mass is 35.5. The molecule has 0 aliphatic rings. The van der Waals surface area contributed by atoms with Crippen LogP contribution in [0.4, 0.5) is 4.39 Å². The van der Waals surface area contributed by atoms with Crippen molar-refractivity contribution < 1.29 is 19.1 Å². The average molecular weight is 426 g/mol. The van der Waals surface area contributed by atoms with Crippen LogP contribution in [-0.2, 0) is 17.8 Å². The number of amides is 1. The van der Waals surface area contributed by atoms with Crippen LogP contribution in [0.3, 0.4) is 0 Å². The molecule has 3 rings (SSSR count). The molecule has 3 aromatic carbocycles. The number of hydrogen-bond donors (Lipinski definition) is 1. The van der Waals surface area contributed by atoms with Crippen LogP contribution in [-0.4, -0.2) is 21.9 Å². The summed E-state index contributed by atoms with van der Waals surface area (Å²) in [6, 6.07) is 19.3. The molecule has 0 bridgehead atoms. The molecular formula is C24H21ClFNO3. The van der Waals surface area contributed by atoms with Gasteiger partial charge in [0.15, 0.2) is 0 Å². The zero-order valence-electron chi connectivity index (χ0n) is 16.4. The number of carbonyl (C=O) groups is 2. The fraction of sp³-hybridized carbons (Fsp3) is 0.167. The second-order valence-electron chi connectivity index (χ2n) is 7.06. The lowest BCUT2D eigenvalue weighted by Gasteiger charge is -2.30. The Morgan fingerprint density at radius 3 is 2.33 bits per heavy atom. The van der Waals surface area contributed by atoms with Gasteiger partial charge in [-0.15, -0.1) is 0 Å². The standard InChI is InChI=1S/C24H21ClFNO3/c1-16(19-8-10-22(26)11-9-19)27(15-18-5-2-6-20(12-18)24(29)30)23(28)14-17-4-3-7-21(25)13-17/h2-13,16H,14-15H2,1H3,(H,29,30)/t16-/m1/s1. The molecule has 4 nitrogen and oxygen atoms in total. The van der Waals surface area contributed by atoms with E-state index in [1.54, 1.807) is 53.4 Å². The van der Waals surface area contributed by atoms with E-state index in [0.29, 0.717) is 10.6 Å².